The molecule has 0 aromatic carbocycles. The summed E-state index contributed by atoms with van der Waals surface area (Å²) in [4.78, 5) is 2.40. The molecule has 102 valence electrons. The molecule has 1 fully saturated rings. The van der Waals surface area contributed by atoms with Crippen molar-refractivity contribution in [3.63, 3.8) is 0 Å². The molecule has 0 spiro atoms. The van der Waals surface area contributed by atoms with Crippen molar-refractivity contribution in [2.75, 3.05) is 39.4 Å². The van der Waals surface area contributed by atoms with E-state index in [0.29, 0.717) is 6.04 Å². The lowest BCUT2D eigenvalue weighted by Crippen LogP contribution is -2.51. The number of aliphatic hydroxyl groups excluding tert-OH is 1. The molecule has 0 radical (unpaired) electrons. The van der Waals surface area contributed by atoms with Crippen LogP contribution in [0, 0.1) is 5.41 Å². The molecule has 2 unspecified atom stereocenters. The van der Waals surface area contributed by atoms with E-state index in [1.807, 2.05) is 0 Å². The van der Waals surface area contributed by atoms with Gasteiger partial charge in [0.25, 0.3) is 0 Å². The smallest absolute Gasteiger partial charge is 0.0932 e. The molecule has 0 saturated carbocycles. The molecule has 0 amide bonds. The Morgan fingerprint density at radius 1 is 1.53 bits per heavy atom. The zero-order valence-corrected chi connectivity index (χ0v) is 11.7. The van der Waals surface area contributed by atoms with Crippen LogP contribution in [-0.2, 0) is 4.74 Å². The predicted molar refractivity (Wildman–Crippen MR) is 70.2 cm³/mol. The van der Waals surface area contributed by atoms with Crippen LogP contribution in [0.15, 0.2) is 0 Å². The van der Waals surface area contributed by atoms with Crippen LogP contribution in [0.25, 0.3) is 0 Å². The molecule has 4 nitrogen and oxygen atoms in total. The highest BCUT2D eigenvalue weighted by atomic mass is 16.5. The third kappa shape index (κ3) is 4.54. The summed E-state index contributed by atoms with van der Waals surface area (Å²) in [5, 5.41) is 12.6. The van der Waals surface area contributed by atoms with Gasteiger partial charge in [0.05, 0.1) is 19.3 Å². The van der Waals surface area contributed by atoms with E-state index >= 15 is 0 Å². The Labute approximate surface area is 105 Å². The molecule has 0 bridgehead atoms. The van der Waals surface area contributed by atoms with Crippen molar-refractivity contribution in [3.05, 3.63) is 0 Å². The largest absolute Gasteiger partial charge is 0.394 e. The third-order valence-electron chi connectivity index (χ3n) is 3.74. The number of aliphatic hydroxyl groups is 1. The third-order valence-corrected chi connectivity index (χ3v) is 3.74. The summed E-state index contributed by atoms with van der Waals surface area (Å²) in [6.45, 7) is 13.7. The van der Waals surface area contributed by atoms with Gasteiger partial charge < -0.3 is 15.2 Å². The van der Waals surface area contributed by atoms with Crippen LogP contribution in [0.4, 0.5) is 0 Å². The maximum atomic E-state index is 9.14. The van der Waals surface area contributed by atoms with E-state index < -0.39 is 0 Å². The number of hydrogen-bond donors (Lipinski definition) is 2. The van der Waals surface area contributed by atoms with Gasteiger partial charge in [-0.05, 0) is 18.9 Å². The van der Waals surface area contributed by atoms with Gasteiger partial charge in [-0.25, -0.2) is 0 Å². The van der Waals surface area contributed by atoms with Crippen LogP contribution < -0.4 is 5.32 Å². The van der Waals surface area contributed by atoms with Gasteiger partial charge in [0, 0.05) is 25.7 Å². The second-order valence-electron chi connectivity index (χ2n) is 5.68. The maximum Gasteiger partial charge on any atom is 0.0932 e. The molecule has 2 atom stereocenters. The number of morpholine rings is 1. The molecular formula is C13H28N2O2. The van der Waals surface area contributed by atoms with Crippen LogP contribution in [0.2, 0.25) is 0 Å². The molecular weight excluding hydrogens is 216 g/mol. The molecule has 0 aromatic rings. The number of nitrogens with zero attached hydrogens (tertiary/aromatic N) is 1. The van der Waals surface area contributed by atoms with Crippen molar-refractivity contribution in [3.8, 4) is 0 Å². The van der Waals surface area contributed by atoms with E-state index in [1.165, 1.54) is 0 Å². The minimum atomic E-state index is -0.00556. The summed E-state index contributed by atoms with van der Waals surface area (Å²) in [6.07, 6.45) is -0.00556. The van der Waals surface area contributed by atoms with Crippen molar-refractivity contribution in [1.29, 1.82) is 0 Å². The number of rotatable bonds is 6. The van der Waals surface area contributed by atoms with E-state index in [2.05, 4.69) is 37.9 Å². The lowest BCUT2D eigenvalue weighted by Gasteiger charge is -2.40. The lowest BCUT2D eigenvalue weighted by molar-refractivity contribution is -0.0623. The van der Waals surface area contributed by atoms with Crippen molar-refractivity contribution in [2.45, 2.75) is 39.8 Å². The first kappa shape index (κ1) is 14.9. The Kier molecular flexibility index (Phi) is 5.86. The number of nitrogens with one attached hydrogen (secondary N) is 1. The molecule has 2 N–H and O–H groups in total. The van der Waals surface area contributed by atoms with Gasteiger partial charge in [0.1, 0.15) is 0 Å². The van der Waals surface area contributed by atoms with Gasteiger partial charge in [-0.2, -0.15) is 0 Å². The number of ether oxygens (including phenoxy) is 1. The summed E-state index contributed by atoms with van der Waals surface area (Å²) < 4.78 is 5.47. The summed E-state index contributed by atoms with van der Waals surface area (Å²) in [6, 6.07) is 0.489. The van der Waals surface area contributed by atoms with E-state index in [9.17, 15) is 0 Å². The van der Waals surface area contributed by atoms with E-state index in [1.54, 1.807) is 0 Å². The zero-order chi connectivity index (χ0) is 12.9. The van der Waals surface area contributed by atoms with Crippen molar-refractivity contribution in [1.82, 2.24) is 10.2 Å². The van der Waals surface area contributed by atoms with Crippen molar-refractivity contribution in [2.24, 2.45) is 5.41 Å². The summed E-state index contributed by atoms with van der Waals surface area (Å²) >= 11 is 0. The number of hydrogen-bond acceptors (Lipinski definition) is 4. The Morgan fingerprint density at radius 2 is 2.24 bits per heavy atom. The normalized spacial score (nSPS) is 24.9. The van der Waals surface area contributed by atoms with Gasteiger partial charge in [0.15, 0.2) is 0 Å². The SMILES string of the molecule is CCNC(C)C(C)(C)CN1CCOC(CO)C1. The zero-order valence-electron chi connectivity index (χ0n) is 11.7. The van der Waals surface area contributed by atoms with Crippen molar-refractivity contribution < 1.29 is 9.84 Å². The molecule has 0 aromatic heterocycles. The maximum absolute atomic E-state index is 9.14. The monoisotopic (exact) mass is 244 g/mol. The highest BCUT2D eigenvalue weighted by Gasteiger charge is 2.30. The molecule has 1 heterocycles. The van der Waals surface area contributed by atoms with Crippen LogP contribution in [0.1, 0.15) is 27.7 Å². The van der Waals surface area contributed by atoms with Gasteiger partial charge in [0.2, 0.25) is 0 Å². The van der Waals surface area contributed by atoms with Gasteiger partial charge in [-0.15, -0.1) is 0 Å². The lowest BCUT2D eigenvalue weighted by atomic mass is 9.84. The van der Waals surface area contributed by atoms with Gasteiger partial charge in [-0.1, -0.05) is 20.8 Å². The Balaban J connectivity index is 2.45. The molecule has 1 aliphatic rings. The minimum Gasteiger partial charge on any atom is -0.394 e. The van der Waals surface area contributed by atoms with E-state index in [-0.39, 0.29) is 18.1 Å². The predicted octanol–water partition coefficient (Wildman–Crippen LogP) is 0.704. The Morgan fingerprint density at radius 3 is 2.82 bits per heavy atom. The fourth-order valence-corrected chi connectivity index (χ4v) is 2.33. The average Bonchev–Trinajstić information content (AvgIpc) is 2.29. The quantitative estimate of drug-likeness (QED) is 0.722. The fourth-order valence-electron chi connectivity index (χ4n) is 2.33. The molecule has 1 saturated heterocycles. The van der Waals surface area contributed by atoms with Gasteiger partial charge in [-0.3, -0.25) is 4.90 Å². The van der Waals surface area contributed by atoms with E-state index in [4.69, 9.17) is 9.84 Å². The standard InChI is InChI=1S/C13H28N2O2/c1-5-14-11(2)13(3,4)10-15-6-7-17-12(8-15)9-16/h11-12,14,16H,5-10H2,1-4H3. The fraction of sp³-hybridized carbons (Fsp3) is 1.00. The summed E-state index contributed by atoms with van der Waals surface area (Å²) in [7, 11) is 0. The first-order valence-corrected chi connectivity index (χ1v) is 6.67. The average molecular weight is 244 g/mol. The topological polar surface area (TPSA) is 44.7 Å². The van der Waals surface area contributed by atoms with Crippen LogP contribution in [0.3, 0.4) is 0 Å². The van der Waals surface area contributed by atoms with Crippen LogP contribution in [0.5, 0.6) is 0 Å². The first-order chi connectivity index (χ1) is 7.99. The molecule has 1 rings (SSSR count). The second-order valence-corrected chi connectivity index (χ2v) is 5.68. The Bertz CT molecular complexity index is 221. The van der Waals surface area contributed by atoms with E-state index in [0.717, 1.165) is 32.8 Å². The summed E-state index contributed by atoms with van der Waals surface area (Å²) in [5.74, 6) is 0. The highest BCUT2D eigenvalue weighted by molar-refractivity contribution is 4.85. The van der Waals surface area contributed by atoms with Gasteiger partial charge >= 0.3 is 0 Å². The highest BCUT2D eigenvalue weighted by Crippen LogP contribution is 2.23. The van der Waals surface area contributed by atoms with Crippen LogP contribution >= 0.6 is 0 Å². The summed E-state index contributed by atoms with van der Waals surface area (Å²) in [5.41, 5.74) is 0.230. The van der Waals surface area contributed by atoms with Crippen molar-refractivity contribution >= 4 is 0 Å². The second kappa shape index (κ2) is 6.69. The Hall–Kier alpha value is -0.160. The molecule has 17 heavy (non-hydrogen) atoms. The first-order valence-electron chi connectivity index (χ1n) is 6.67. The molecule has 0 aliphatic carbocycles. The minimum absolute atomic E-state index is 0.00556. The van der Waals surface area contributed by atoms with Crippen LogP contribution in [-0.4, -0.2) is 61.5 Å². The molecule has 4 heteroatoms. The molecule has 1 aliphatic heterocycles.